The maximum Gasteiger partial charge on any atom is 0.287 e. The number of amides is 1. The van der Waals surface area contributed by atoms with Gasteiger partial charge in [0.15, 0.2) is 17.1 Å². The third-order valence-corrected chi connectivity index (χ3v) is 4.40. The van der Waals surface area contributed by atoms with Crippen LogP contribution in [0, 0.1) is 0 Å². The molecule has 4 aromatic rings. The molecule has 1 amide bonds. The summed E-state index contributed by atoms with van der Waals surface area (Å²) in [7, 11) is 1.56. The summed E-state index contributed by atoms with van der Waals surface area (Å²) < 4.78 is 16.1. The van der Waals surface area contributed by atoms with Crippen molar-refractivity contribution in [2.24, 2.45) is 0 Å². The minimum atomic E-state index is -0.323. The van der Waals surface area contributed by atoms with Crippen molar-refractivity contribution in [2.75, 3.05) is 13.7 Å². The zero-order valence-corrected chi connectivity index (χ0v) is 15.7. The fraction of sp³-hybridized carbons (Fsp3) is 0.150. The van der Waals surface area contributed by atoms with Gasteiger partial charge in [-0.05, 0) is 36.4 Å². The Labute approximate surface area is 165 Å². The SMILES string of the molecule is COc1cccc2cc(C(=O)NCCc3nc(-c4ccc(Cl)cc4)no3)oc12. The van der Waals surface area contributed by atoms with Crippen LogP contribution in [0.2, 0.25) is 5.02 Å². The second kappa shape index (κ2) is 7.74. The van der Waals surface area contributed by atoms with Crippen LogP contribution in [0.25, 0.3) is 22.4 Å². The smallest absolute Gasteiger partial charge is 0.287 e. The Bertz CT molecular complexity index is 1120. The summed E-state index contributed by atoms with van der Waals surface area (Å²) in [4.78, 5) is 16.7. The van der Waals surface area contributed by atoms with Crippen LogP contribution in [0.1, 0.15) is 16.4 Å². The van der Waals surface area contributed by atoms with Gasteiger partial charge in [0.2, 0.25) is 11.7 Å². The Morgan fingerprint density at radius 3 is 2.82 bits per heavy atom. The van der Waals surface area contributed by atoms with Gasteiger partial charge in [-0.25, -0.2) is 0 Å². The number of carbonyl (C=O) groups excluding carboxylic acids is 1. The van der Waals surface area contributed by atoms with E-state index < -0.39 is 0 Å². The molecule has 2 aromatic heterocycles. The highest BCUT2D eigenvalue weighted by atomic mass is 35.5. The number of nitrogens with zero attached hydrogens (tertiary/aromatic N) is 2. The van der Waals surface area contributed by atoms with Crippen molar-refractivity contribution < 1.29 is 18.5 Å². The van der Waals surface area contributed by atoms with E-state index in [1.54, 1.807) is 31.4 Å². The van der Waals surface area contributed by atoms with Gasteiger partial charge in [0.1, 0.15) is 0 Å². The summed E-state index contributed by atoms with van der Waals surface area (Å²) in [5.41, 5.74) is 1.35. The van der Waals surface area contributed by atoms with E-state index in [4.69, 9.17) is 25.3 Å². The van der Waals surface area contributed by atoms with Crippen molar-refractivity contribution in [1.82, 2.24) is 15.5 Å². The molecule has 2 aromatic carbocycles. The summed E-state index contributed by atoms with van der Waals surface area (Å²) in [6.07, 6.45) is 0.399. The van der Waals surface area contributed by atoms with Crippen LogP contribution in [-0.2, 0) is 6.42 Å². The monoisotopic (exact) mass is 397 g/mol. The summed E-state index contributed by atoms with van der Waals surface area (Å²) >= 11 is 5.88. The number of carbonyl (C=O) groups is 1. The molecule has 28 heavy (non-hydrogen) atoms. The number of methoxy groups -OCH3 is 1. The van der Waals surface area contributed by atoms with Crippen LogP contribution >= 0.6 is 11.6 Å². The molecular formula is C20H16ClN3O4. The molecule has 0 bridgehead atoms. The number of aromatic nitrogens is 2. The van der Waals surface area contributed by atoms with E-state index in [0.29, 0.717) is 41.0 Å². The van der Waals surface area contributed by atoms with E-state index >= 15 is 0 Å². The van der Waals surface area contributed by atoms with Crippen molar-refractivity contribution >= 4 is 28.5 Å². The fourth-order valence-electron chi connectivity index (χ4n) is 2.75. The molecule has 2 heterocycles. The van der Waals surface area contributed by atoms with Gasteiger partial charge in [0.05, 0.1) is 7.11 Å². The number of hydrogen-bond acceptors (Lipinski definition) is 6. The molecule has 4 rings (SSSR count). The second-order valence-electron chi connectivity index (χ2n) is 6.01. The van der Waals surface area contributed by atoms with E-state index in [1.807, 2.05) is 24.3 Å². The van der Waals surface area contributed by atoms with E-state index in [2.05, 4.69) is 15.5 Å². The first kappa shape index (κ1) is 18.1. The Hall–Kier alpha value is -3.32. The summed E-state index contributed by atoms with van der Waals surface area (Å²) in [6, 6.07) is 14.3. The van der Waals surface area contributed by atoms with Gasteiger partial charge in [-0.15, -0.1) is 0 Å². The van der Waals surface area contributed by atoms with Crippen LogP contribution in [-0.4, -0.2) is 29.7 Å². The second-order valence-corrected chi connectivity index (χ2v) is 6.45. The average Bonchev–Trinajstić information content (AvgIpc) is 3.35. The topological polar surface area (TPSA) is 90.4 Å². The van der Waals surface area contributed by atoms with E-state index in [9.17, 15) is 4.79 Å². The van der Waals surface area contributed by atoms with Crippen molar-refractivity contribution in [1.29, 1.82) is 0 Å². The van der Waals surface area contributed by atoms with Gasteiger partial charge in [0.25, 0.3) is 5.91 Å². The number of furan rings is 1. The predicted octanol–water partition coefficient (Wildman–Crippen LogP) is 4.12. The first-order valence-electron chi connectivity index (χ1n) is 8.57. The van der Waals surface area contributed by atoms with E-state index in [-0.39, 0.29) is 11.7 Å². The average molecular weight is 398 g/mol. The van der Waals surface area contributed by atoms with Crippen molar-refractivity contribution in [3.8, 4) is 17.1 Å². The standard InChI is InChI=1S/C20H16ClN3O4/c1-26-15-4-2-3-13-11-16(27-18(13)15)20(25)22-10-9-17-23-19(24-28-17)12-5-7-14(21)8-6-12/h2-8,11H,9-10H2,1H3,(H,22,25). The summed E-state index contributed by atoms with van der Waals surface area (Å²) in [6.45, 7) is 0.329. The number of para-hydroxylation sites is 1. The van der Waals surface area contributed by atoms with Gasteiger partial charge in [0, 0.05) is 28.9 Å². The molecule has 0 aliphatic carbocycles. The zero-order valence-electron chi connectivity index (χ0n) is 14.9. The van der Waals surface area contributed by atoms with Gasteiger partial charge in [-0.1, -0.05) is 28.9 Å². The minimum absolute atomic E-state index is 0.215. The molecule has 0 fully saturated rings. The van der Waals surface area contributed by atoms with Gasteiger partial charge in [-0.2, -0.15) is 4.98 Å². The maximum absolute atomic E-state index is 12.3. The van der Waals surface area contributed by atoms with Gasteiger partial charge >= 0.3 is 0 Å². The molecular weight excluding hydrogens is 382 g/mol. The first-order valence-corrected chi connectivity index (χ1v) is 8.95. The van der Waals surface area contributed by atoms with Gasteiger partial charge in [-0.3, -0.25) is 4.79 Å². The molecule has 0 unspecified atom stereocenters. The Morgan fingerprint density at radius 2 is 2.04 bits per heavy atom. The quantitative estimate of drug-likeness (QED) is 0.526. The molecule has 142 valence electrons. The Balaban J connectivity index is 1.37. The van der Waals surface area contributed by atoms with Crippen molar-refractivity contribution in [3.05, 3.63) is 65.2 Å². The number of nitrogens with one attached hydrogen (secondary N) is 1. The number of hydrogen-bond donors (Lipinski definition) is 1. The van der Waals surface area contributed by atoms with Gasteiger partial charge < -0.3 is 19.0 Å². The van der Waals surface area contributed by atoms with Crippen LogP contribution in [0.3, 0.4) is 0 Å². The normalized spacial score (nSPS) is 10.9. The number of rotatable bonds is 6. The summed E-state index contributed by atoms with van der Waals surface area (Å²) in [5, 5.41) is 8.17. The third-order valence-electron chi connectivity index (χ3n) is 4.15. The van der Waals surface area contributed by atoms with E-state index in [0.717, 1.165) is 10.9 Å². The van der Waals surface area contributed by atoms with E-state index in [1.165, 1.54) is 0 Å². The Kier molecular flexibility index (Phi) is 4.99. The molecule has 7 nitrogen and oxygen atoms in total. The first-order chi connectivity index (χ1) is 13.6. The van der Waals surface area contributed by atoms with Crippen LogP contribution in [0.5, 0.6) is 5.75 Å². The minimum Gasteiger partial charge on any atom is -0.493 e. The molecule has 0 spiro atoms. The number of benzene rings is 2. The Morgan fingerprint density at radius 1 is 1.21 bits per heavy atom. The van der Waals surface area contributed by atoms with Crippen LogP contribution in [0.15, 0.2) is 57.5 Å². The highest BCUT2D eigenvalue weighted by molar-refractivity contribution is 6.30. The molecule has 0 radical (unpaired) electrons. The predicted molar refractivity (Wildman–Crippen MR) is 104 cm³/mol. The maximum atomic E-state index is 12.3. The van der Waals surface area contributed by atoms with Crippen LogP contribution < -0.4 is 10.1 Å². The number of halogens is 1. The van der Waals surface area contributed by atoms with Crippen LogP contribution in [0.4, 0.5) is 0 Å². The van der Waals surface area contributed by atoms with Crippen molar-refractivity contribution in [3.63, 3.8) is 0 Å². The molecule has 8 heteroatoms. The highest BCUT2D eigenvalue weighted by Gasteiger charge is 2.15. The van der Waals surface area contributed by atoms with Crippen molar-refractivity contribution in [2.45, 2.75) is 6.42 Å². The molecule has 0 aliphatic rings. The number of fused-ring (bicyclic) bond motifs is 1. The molecule has 0 aliphatic heterocycles. The lowest BCUT2D eigenvalue weighted by molar-refractivity contribution is 0.0927. The highest BCUT2D eigenvalue weighted by Crippen LogP contribution is 2.28. The third kappa shape index (κ3) is 3.70. The molecule has 0 saturated carbocycles. The number of ether oxygens (including phenoxy) is 1. The summed E-state index contributed by atoms with van der Waals surface area (Å²) in [5.74, 6) is 1.37. The zero-order chi connectivity index (χ0) is 19.5. The molecule has 0 saturated heterocycles. The fourth-order valence-corrected chi connectivity index (χ4v) is 2.88. The lowest BCUT2D eigenvalue weighted by Gasteiger charge is -2.00. The molecule has 1 N–H and O–H groups in total. The largest absolute Gasteiger partial charge is 0.493 e. The lowest BCUT2D eigenvalue weighted by Crippen LogP contribution is -2.25. The molecule has 0 atom stereocenters. The lowest BCUT2D eigenvalue weighted by atomic mass is 10.2.